The number of alkyl halides is 3. The lowest BCUT2D eigenvalue weighted by atomic mass is 10.1. The number of hydrogen-bond acceptors (Lipinski definition) is 4. The molecule has 0 bridgehead atoms. The van der Waals surface area contributed by atoms with E-state index >= 15 is 0 Å². The summed E-state index contributed by atoms with van der Waals surface area (Å²) in [5.74, 6) is -1.56. The summed E-state index contributed by atoms with van der Waals surface area (Å²) in [6.07, 6.45) is -4.45. The summed E-state index contributed by atoms with van der Waals surface area (Å²) < 4.78 is 38.0. The summed E-state index contributed by atoms with van der Waals surface area (Å²) in [6, 6.07) is 2.58. The summed E-state index contributed by atoms with van der Waals surface area (Å²) in [5.41, 5.74) is 0.398. The third kappa shape index (κ3) is 3.35. The van der Waals surface area contributed by atoms with Crippen molar-refractivity contribution in [2.24, 2.45) is 0 Å². The summed E-state index contributed by atoms with van der Waals surface area (Å²) in [6.45, 7) is -1.96. The summed E-state index contributed by atoms with van der Waals surface area (Å²) in [5, 5.41) is 11.2. The second kappa shape index (κ2) is 5.64. The van der Waals surface area contributed by atoms with E-state index in [-0.39, 0.29) is 28.0 Å². The van der Waals surface area contributed by atoms with Gasteiger partial charge >= 0.3 is 6.18 Å². The van der Waals surface area contributed by atoms with Crippen LogP contribution in [-0.4, -0.2) is 42.7 Å². The quantitative estimate of drug-likeness (QED) is 0.799. The van der Waals surface area contributed by atoms with Gasteiger partial charge in [-0.05, 0) is 28.1 Å². The van der Waals surface area contributed by atoms with Crippen molar-refractivity contribution in [3.63, 3.8) is 0 Å². The fourth-order valence-electron chi connectivity index (χ4n) is 2.02. The van der Waals surface area contributed by atoms with Gasteiger partial charge in [-0.3, -0.25) is 9.59 Å². The predicted octanol–water partition coefficient (Wildman–Crippen LogP) is 1.94. The molecule has 0 atom stereocenters. The van der Waals surface area contributed by atoms with Gasteiger partial charge in [0.15, 0.2) is 0 Å². The molecule has 0 unspecified atom stereocenters. The molecule has 0 aromatic heterocycles. The number of carbonyl (C=O) groups is 2. The molecule has 5 nitrogen and oxygen atoms in total. The maximum absolute atomic E-state index is 12.6. The molecule has 1 aliphatic heterocycles. The van der Waals surface area contributed by atoms with Crippen LogP contribution in [0.15, 0.2) is 16.6 Å². The van der Waals surface area contributed by atoms with Gasteiger partial charge < -0.3 is 15.3 Å². The van der Waals surface area contributed by atoms with Crippen molar-refractivity contribution in [2.45, 2.75) is 6.18 Å². The highest BCUT2D eigenvalue weighted by atomic mass is 79.9. The minimum atomic E-state index is -4.45. The highest BCUT2D eigenvalue weighted by Crippen LogP contribution is 2.36. The molecule has 0 saturated carbocycles. The number of benzene rings is 1. The van der Waals surface area contributed by atoms with Crippen LogP contribution in [0.4, 0.5) is 24.5 Å². The minimum absolute atomic E-state index is 0.103. The van der Waals surface area contributed by atoms with Crippen LogP contribution in [0.3, 0.4) is 0 Å². The number of nitrogens with one attached hydrogen (secondary N) is 1. The molecule has 0 fully saturated rings. The van der Waals surface area contributed by atoms with Gasteiger partial charge in [0, 0.05) is 11.0 Å². The van der Waals surface area contributed by atoms with Crippen LogP contribution in [-0.2, 0) is 4.79 Å². The van der Waals surface area contributed by atoms with E-state index in [1.807, 2.05) is 0 Å². The Labute approximate surface area is 125 Å². The highest BCUT2D eigenvalue weighted by Gasteiger charge is 2.34. The van der Waals surface area contributed by atoms with Crippen LogP contribution in [0.2, 0.25) is 0 Å². The molecular formula is C12H10BrF3N2O3. The van der Waals surface area contributed by atoms with E-state index in [1.54, 1.807) is 0 Å². The SMILES string of the molecule is O=C1Nc2cc(N(CCO)CC(F)(F)F)c(Br)cc2C1=O. The smallest absolute Gasteiger partial charge is 0.395 e. The lowest BCUT2D eigenvalue weighted by Gasteiger charge is -2.26. The zero-order chi connectivity index (χ0) is 15.8. The largest absolute Gasteiger partial charge is 0.405 e. The number of rotatable bonds is 4. The van der Waals surface area contributed by atoms with Crippen molar-refractivity contribution < 1.29 is 27.9 Å². The molecule has 0 radical (unpaired) electrons. The van der Waals surface area contributed by atoms with E-state index in [9.17, 15) is 22.8 Å². The van der Waals surface area contributed by atoms with Crippen LogP contribution in [0.1, 0.15) is 10.4 Å². The topological polar surface area (TPSA) is 69.6 Å². The van der Waals surface area contributed by atoms with E-state index in [1.165, 1.54) is 12.1 Å². The average molecular weight is 367 g/mol. The number of hydrogen-bond donors (Lipinski definition) is 2. The highest BCUT2D eigenvalue weighted by molar-refractivity contribution is 9.10. The molecule has 1 aliphatic rings. The number of carbonyl (C=O) groups excluding carboxylic acids is 2. The Morgan fingerprint density at radius 2 is 1.95 bits per heavy atom. The van der Waals surface area contributed by atoms with Crippen molar-refractivity contribution in [3.05, 3.63) is 22.2 Å². The molecule has 114 valence electrons. The molecular weight excluding hydrogens is 357 g/mol. The number of nitrogens with zero attached hydrogens (tertiary/aromatic N) is 1. The monoisotopic (exact) mass is 366 g/mol. The van der Waals surface area contributed by atoms with Crippen LogP contribution < -0.4 is 10.2 Å². The van der Waals surface area contributed by atoms with E-state index < -0.39 is 31.0 Å². The van der Waals surface area contributed by atoms with Crippen LogP contribution in [0.25, 0.3) is 0 Å². The number of aliphatic hydroxyl groups is 1. The van der Waals surface area contributed by atoms with Gasteiger partial charge in [-0.2, -0.15) is 13.2 Å². The second-order valence-corrected chi connectivity index (χ2v) is 5.25. The zero-order valence-electron chi connectivity index (χ0n) is 10.5. The van der Waals surface area contributed by atoms with Crippen molar-refractivity contribution in [3.8, 4) is 0 Å². The van der Waals surface area contributed by atoms with Gasteiger partial charge in [-0.15, -0.1) is 0 Å². The third-order valence-corrected chi connectivity index (χ3v) is 3.50. The lowest BCUT2D eigenvalue weighted by Crippen LogP contribution is -2.36. The van der Waals surface area contributed by atoms with Crippen molar-refractivity contribution in [1.82, 2.24) is 0 Å². The Hall–Kier alpha value is -1.61. The first kappa shape index (κ1) is 15.8. The number of fused-ring (bicyclic) bond motifs is 1. The van der Waals surface area contributed by atoms with Gasteiger partial charge in [0.1, 0.15) is 6.54 Å². The zero-order valence-corrected chi connectivity index (χ0v) is 12.1. The van der Waals surface area contributed by atoms with Crippen molar-refractivity contribution in [1.29, 1.82) is 0 Å². The van der Waals surface area contributed by atoms with Gasteiger partial charge in [0.25, 0.3) is 11.7 Å². The number of ketones is 1. The molecule has 0 aliphatic carbocycles. The average Bonchev–Trinajstić information content (AvgIpc) is 2.63. The van der Waals surface area contributed by atoms with E-state index in [0.29, 0.717) is 0 Å². The third-order valence-electron chi connectivity index (χ3n) is 2.87. The Kier molecular flexibility index (Phi) is 4.24. The van der Waals surface area contributed by atoms with Gasteiger partial charge in [0.05, 0.1) is 23.5 Å². The Bertz CT molecular complexity index is 604. The number of anilines is 2. The van der Waals surface area contributed by atoms with Crippen LogP contribution >= 0.6 is 15.9 Å². The molecule has 0 saturated heterocycles. The Balaban J connectivity index is 2.41. The van der Waals surface area contributed by atoms with Crippen molar-refractivity contribution in [2.75, 3.05) is 29.9 Å². The molecule has 1 heterocycles. The first-order chi connectivity index (χ1) is 9.73. The number of amides is 1. The predicted molar refractivity (Wildman–Crippen MR) is 72.5 cm³/mol. The molecule has 9 heteroatoms. The van der Waals surface area contributed by atoms with E-state index in [0.717, 1.165) is 4.90 Å². The van der Waals surface area contributed by atoms with Gasteiger partial charge in [-0.1, -0.05) is 0 Å². The second-order valence-electron chi connectivity index (χ2n) is 4.39. The Morgan fingerprint density at radius 3 is 2.52 bits per heavy atom. The first-order valence-corrected chi connectivity index (χ1v) is 6.64. The molecule has 2 rings (SSSR count). The molecule has 1 aromatic carbocycles. The van der Waals surface area contributed by atoms with Gasteiger partial charge in [-0.25, -0.2) is 0 Å². The standard InChI is InChI=1S/C12H10BrF3N2O3/c13-7-3-6-8(17-11(21)10(6)20)4-9(7)18(1-2-19)5-12(14,15)16/h3-4,19H,1-2,5H2,(H,17,20,21). The summed E-state index contributed by atoms with van der Waals surface area (Å²) in [7, 11) is 0. The maximum Gasteiger partial charge on any atom is 0.405 e. The molecule has 0 spiro atoms. The Morgan fingerprint density at radius 1 is 1.29 bits per heavy atom. The fourth-order valence-corrected chi connectivity index (χ4v) is 2.61. The maximum atomic E-state index is 12.6. The minimum Gasteiger partial charge on any atom is -0.395 e. The molecule has 2 N–H and O–H groups in total. The first-order valence-electron chi connectivity index (χ1n) is 5.84. The molecule has 1 aromatic rings. The summed E-state index contributed by atoms with van der Waals surface area (Å²) >= 11 is 3.09. The van der Waals surface area contributed by atoms with Crippen LogP contribution in [0, 0.1) is 0 Å². The molecule has 21 heavy (non-hydrogen) atoms. The molecule has 1 amide bonds. The fraction of sp³-hybridized carbons (Fsp3) is 0.333. The van der Waals surface area contributed by atoms with E-state index in [2.05, 4.69) is 21.2 Å². The van der Waals surface area contributed by atoms with E-state index in [4.69, 9.17) is 5.11 Å². The number of halogens is 4. The number of aliphatic hydroxyl groups excluding tert-OH is 1. The van der Waals surface area contributed by atoms with Crippen LogP contribution in [0.5, 0.6) is 0 Å². The van der Waals surface area contributed by atoms with Crippen molar-refractivity contribution >= 4 is 39.0 Å². The lowest BCUT2D eigenvalue weighted by molar-refractivity contribution is -0.120. The summed E-state index contributed by atoms with van der Waals surface area (Å²) in [4.78, 5) is 23.7. The normalized spacial score (nSPS) is 14.1. The number of Topliss-reactive ketones (excluding diaryl/α,β-unsaturated/α-hetero) is 1. The van der Waals surface area contributed by atoms with Gasteiger partial charge in [0.2, 0.25) is 0 Å².